The van der Waals surface area contributed by atoms with Crippen molar-refractivity contribution in [2.24, 2.45) is 11.7 Å². The van der Waals surface area contributed by atoms with Crippen LogP contribution in [0.3, 0.4) is 0 Å². The highest BCUT2D eigenvalue weighted by atomic mass is 16.2. The van der Waals surface area contributed by atoms with E-state index in [9.17, 15) is 14.4 Å². The Balaban J connectivity index is 1.56. The molecule has 136 valence electrons. The van der Waals surface area contributed by atoms with Crippen molar-refractivity contribution >= 4 is 23.5 Å². The highest BCUT2D eigenvalue weighted by Crippen LogP contribution is 2.27. The molecule has 6 N–H and O–H groups in total. The first kappa shape index (κ1) is 17.5. The third kappa shape index (κ3) is 3.85. The average molecular weight is 355 g/mol. The Morgan fingerprint density at radius 3 is 2.62 bits per heavy atom. The van der Waals surface area contributed by atoms with Gasteiger partial charge >= 0.3 is 6.03 Å². The lowest BCUT2D eigenvalue weighted by Crippen LogP contribution is -2.48. The van der Waals surface area contributed by atoms with Gasteiger partial charge in [0.15, 0.2) is 0 Å². The molecule has 2 atom stereocenters. The summed E-state index contributed by atoms with van der Waals surface area (Å²) in [6.45, 7) is 3.60. The maximum Gasteiger partial charge on any atom is 0.323 e. The van der Waals surface area contributed by atoms with Crippen LogP contribution in [0.15, 0.2) is 54.0 Å². The fourth-order valence-electron chi connectivity index (χ4n) is 3.12. The van der Waals surface area contributed by atoms with Gasteiger partial charge in [-0.05, 0) is 31.4 Å². The highest BCUT2D eigenvalue weighted by Gasteiger charge is 2.32. The smallest absolute Gasteiger partial charge is 0.323 e. The van der Waals surface area contributed by atoms with Gasteiger partial charge in [0.1, 0.15) is 5.70 Å². The molecule has 1 aromatic carbocycles. The summed E-state index contributed by atoms with van der Waals surface area (Å²) < 4.78 is 0. The van der Waals surface area contributed by atoms with Gasteiger partial charge < -0.3 is 27.0 Å². The molecular weight excluding hydrogens is 334 g/mol. The van der Waals surface area contributed by atoms with Gasteiger partial charge in [0.25, 0.3) is 5.91 Å². The normalized spacial score (nSPS) is 22.5. The maximum absolute atomic E-state index is 12.4. The van der Waals surface area contributed by atoms with Crippen LogP contribution in [0.5, 0.6) is 0 Å². The Morgan fingerprint density at radius 2 is 1.88 bits per heavy atom. The van der Waals surface area contributed by atoms with Crippen LogP contribution in [0.1, 0.15) is 19.3 Å². The Morgan fingerprint density at radius 1 is 1.15 bits per heavy atom. The van der Waals surface area contributed by atoms with Gasteiger partial charge in [0, 0.05) is 17.6 Å². The minimum atomic E-state index is -0.555. The monoisotopic (exact) mass is 355 g/mol. The second kappa shape index (κ2) is 7.30. The first-order valence-corrected chi connectivity index (χ1v) is 8.38. The van der Waals surface area contributed by atoms with E-state index < -0.39 is 11.9 Å². The van der Waals surface area contributed by atoms with E-state index in [1.54, 1.807) is 0 Å². The zero-order chi connectivity index (χ0) is 18.7. The average Bonchev–Trinajstić information content (AvgIpc) is 3.07. The minimum Gasteiger partial charge on any atom is -0.395 e. The van der Waals surface area contributed by atoms with Crippen molar-refractivity contribution in [2.75, 3.05) is 5.32 Å². The first-order valence-electron chi connectivity index (χ1n) is 8.38. The largest absolute Gasteiger partial charge is 0.395 e. The SMILES string of the molecule is C=C1NC(=O)NC(C(=O)N[C@H]2CC[C@H](C(=O)Nc3ccccc3)C2)=C1N. The zero-order valence-corrected chi connectivity index (χ0v) is 14.2. The molecule has 0 unspecified atom stereocenters. The van der Waals surface area contributed by atoms with E-state index in [0.717, 1.165) is 5.69 Å². The second-order valence-electron chi connectivity index (χ2n) is 6.38. The number of carbonyl (C=O) groups is 3. The summed E-state index contributed by atoms with van der Waals surface area (Å²) in [7, 11) is 0. The Labute approximate surface area is 150 Å². The second-order valence-corrected chi connectivity index (χ2v) is 6.38. The number of para-hydroxylation sites is 1. The lowest BCUT2D eigenvalue weighted by Gasteiger charge is -2.22. The molecule has 1 aromatic rings. The number of rotatable bonds is 4. The number of carbonyl (C=O) groups excluding carboxylic acids is 3. The molecule has 3 rings (SSSR count). The first-order chi connectivity index (χ1) is 12.4. The number of urea groups is 1. The molecule has 0 saturated heterocycles. The molecule has 8 heteroatoms. The van der Waals surface area contributed by atoms with Crippen LogP contribution in [-0.4, -0.2) is 23.9 Å². The Hall–Kier alpha value is -3.29. The lowest BCUT2D eigenvalue weighted by molar-refractivity contribution is -0.120. The van der Waals surface area contributed by atoms with Crippen molar-refractivity contribution < 1.29 is 14.4 Å². The van der Waals surface area contributed by atoms with E-state index in [4.69, 9.17) is 5.73 Å². The van der Waals surface area contributed by atoms with Crippen molar-refractivity contribution in [2.45, 2.75) is 25.3 Å². The minimum absolute atomic E-state index is 0.0177. The molecule has 0 aromatic heterocycles. The maximum atomic E-state index is 12.4. The predicted octanol–water partition coefficient (Wildman–Crippen LogP) is 0.907. The summed E-state index contributed by atoms with van der Waals surface area (Å²) in [4.78, 5) is 36.2. The fourth-order valence-corrected chi connectivity index (χ4v) is 3.12. The van der Waals surface area contributed by atoms with Crippen molar-refractivity contribution in [1.29, 1.82) is 0 Å². The van der Waals surface area contributed by atoms with Crippen LogP contribution in [0, 0.1) is 5.92 Å². The number of nitrogens with two attached hydrogens (primary N) is 1. The molecule has 1 fully saturated rings. The van der Waals surface area contributed by atoms with Gasteiger partial charge in [-0.2, -0.15) is 0 Å². The number of benzene rings is 1. The Kier molecular flexibility index (Phi) is 4.92. The van der Waals surface area contributed by atoms with E-state index in [1.807, 2.05) is 30.3 Å². The molecule has 0 bridgehead atoms. The van der Waals surface area contributed by atoms with Crippen molar-refractivity contribution in [3.8, 4) is 0 Å². The molecular formula is C18H21N5O3. The van der Waals surface area contributed by atoms with Gasteiger partial charge in [0.05, 0.1) is 11.4 Å². The van der Waals surface area contributed by atoms with Crippen molar-refractivity contribution in [1.82, 2.24) is 16.0 Å². The number of hydrogen-bond acceptors (Lipinski definition) is 4. The predicted molar refractivity (Wildman–Crippen MR) is 96.4 cm³/mol. The number of hydrogen-bond donors (Lipinski definition) is 5. The molecule has 4 amide bonds. The third-order valence-corrected chi connectivity index (χ3v) is 4.50. The molecule has 1 aliphatic carbocycles. The van der Waals surface area contributed by atoms with Gasteiger partial charge in [-0.3, -0.25) is 9.59 Å². The molecule has 2 aliphatic rings. The molecule has 0 spiro atoms. The van der Waals surface area contributed by atoms with Gasteiger partial charge in [-0.1, -0.05) is 24.8 Å². The highest BCUT2D eigenvalue weighted by molar-refractivity contribution is 6.00. The summed E-state index contributed by atoms with van der Waals surface area (Å²) >= 11 is 0. The fraction of sp³-hybridized carbons (Fsp3) is 0.278. The van der Waals surface area contributed by atoms with Crippen LogP contribution in [-0.2, 0) is 9.59 Å². The topological polar surface area (TPSA) is 125 Å². The van der Waals surface area contributed by atoms with E-state index >= 15 is 0 Å². The van der Waals surface area contributed by atoms with Crippen LogP contribution in [0.2, 0.25) is 0 Å². The van der Waals surface area contributed by atoms with Gasteiger partial charge in [-0.15, -0.1) is 0 Å². The van der Waals surface area contributed by atoms with Crippen LogP contribution in [0.25, 0.3) is 0 Å². The number of anilines is 1. The van der Waals surface area contributed by atoms with Crippen molar-refractivity contribution in [3.63, 3.8) is 0 Å². The van der Waals surface area contributed by atoms with Crippen molar-refractivity contribution in [3.05, 3.63) is 54.0 Å². The van der Waals surface area contributed by atoms with Crippen LogP contribution >= 0.6 is 0 Å². The Bertz CT molecular complexity index is 787. The van der Waals surface area contributed by atoms with Gasteiger partial charge in [-0.25, -0.2) is 4.79 Å². The molecule has 8 nitrogen and oxygen atoms in total. The summed E-state index contributed by atoms with van der Waals surface area (Å²) in [5.41, 5.74) is 6.81. The zero-order valence-electron chi connectivity index (χ0n) is 14.2. The molecule has 1 heterocycles. The van der Waals surface area contributed by atoms with E-state index in [1.165, 1.54) is 0 Å². The standard InChI is InChI=1S/C18H21N5O3/c1-10-14(19)15(23-18(26)20-10)17(25)22-13-8-7-11(9-13)16(24)21-12-5-3-2-4-6-12/h2-6,11,13H,1,7-9,19H2,(H,21,24)(H,22,25)(H2,20,23,26)/t11-,13-/m0/s1. The third-order valence-electron chi connectivity index (χ3n) is 4.50. The summed E-state index contributed by atoms with van der Waals surface area (Å²) in [5, 5.41) is 10.5. The molecule has 1 aliphatic heterocycles. The molecule has 0 radical (unpaired) electrons. The number of nitrogens with one attached hydrogen (secondary N) is 4. The lowest BCUT2D eigenvalue weighted by atomic mass is 10.1. The van der Waals surface area contributed by atoms with Crippen LogP contribution < -0.4 is 27.0 Å². The van der Waals surface area contributed by atoms with E-state index in [2.05, 4.69) is 27.8 Å². The quantitative estimate of drug-likeness (QED) is 0.550. The van der Waals surface area contributed by atoms with E-state index in [-0.39, 0.29) is 35.0 Å². The summed E-state index contributed by atoms with van der Waals surface area (Å²) in [6, 6.07) is 8.53. The van der Waals surface area contributed by atoms with Crippen LogP contribution in [0.4, 0.5) is 10.5 Å². The number of amides is 4. The van der Waals surface area contributed by atoms with Gasteiger partial charge in [0.2, 0.25) is 5.91 Å². The summed E-state index contributed by atoms with van der Waals surface area (Å²) in [5.74, 6) is -0.716. The molecule has 26 heavy (non-hydrogen) atoms. The molecule has 1 saturated carbocycles. The van der Waals surface area contributed by atoms with E-state index in [0.29, 0.717) is 19.3 Å². The summed E-state index contributed by atoms with van der Waals surface area (Å²) in [6.07, 6.45) is 1.89.